The molecule has 1 heterocycles. The lowest BCUT2D eigenvalue weighted by molar-refractivity contribution is 0.572. The molecule has 0 aliphatic heterocycles. The highest BCUT2D eigenvalue weighted by Gasteiger charge is 2.02. The Morgan fingerprint density at radius 3 is 2.88 bits per heavy atom. The molecule has 2 aromatic rings. The first-order valence-electron chi connectivity index (χ1n) is 5.62. The van der Waals surface area contributed by atoms with Crippen molar-refractivity contribution in [3.8, 4) is 0 Å². The zero-order valence-electron chi connectivity index (χ0n) is 9.73. The van der Waals surface area contributed by atoms with Crippen molar-refractivity contribution in [2.45, 2.75) is 26.6 Å². The van der Waals surface area contributed by atoms with Crippen molar-refractivity contribution < 1.29 is 0 Å². The lowest BCUT2D eigenvalue weighted by atomic mass is 10.2. The van der Waals surface area contributed by atoms with E-state index in [0.29, 0.717) is 0 Å². The molecule has 1 aromatic heterocycles. The molecule has 90 valence electrons. The van der Waals surface area contributed by atoms with Gasteiger partial charge in [0.1, 0.15) is 12.2 Å². The van der Waals surface area contributed by atoms with Crippen LogP contribution in [0.4, 0.5) is 0 Å². The van der Waals surface area contributed by atoms with Gasteiger partial charge in [-0.1, -0.05) is 34.1 Å². The highest BCUT2D eigenvalue weighted by molar-refractivity contribution is 9.10. The summed E-state index contributed by atoms with van der Waals surface area (Å²) in [5.41, 5.74) is 1.25. The molecule has 2 rings (SSSR count). The molecule has 0 atom stereocenters. The van der Waals surface area contributed by atoms with E-state index >= 15 is 0 Å². The van der Waals surface area contributed by atoms with Gasteiger partial charge in [-0.25, -0.2) is 9.67 Å². The van der Waals surface area contributed by atoms with Gasteiger partial charge in [-0.2, -0.15) is 5.10 Å². The van der Waals surface area contributed by atoms with Crippen LogP contribution in [0.3, 0.4) is 0 Å². The van der Waals surface area contributed by atoms with E-state index in [2.05, 4.69) is 44.3 Å². The van der Waals surface area contributed by atoms with Crippen molar-refractivity contribution in [1.29, 1.82) is 0 Å². The van der Waals surface area contributed by atoms with E-state index in [4.69, 9.17) is 0 Å². The molecule has 0 aliphatic rings. The van der Waals surface area contributed by atoms with Gasteiger partial charge in [0.05, 0.1) is 6.54 Å². The Bertz CT molecular complexity index is 481. The summed E-state index contributed by atoms with van der Waals surface area (Å²) in [5, 5.41) is 7.50. The number of benzene rings is 1. The number of hydrogen-bond acceptors (Lipinski definition) is 3. The van der Waals surface area contributed by atoms with E-state index in [9.17, 15) is 0 Å². The van der Waals surface area contributed by atoms with Gasteiger partial charge in [0, 0.05) is 17.6 Å². The fraction of sp³-hybridized carbons (Fsp3) is 0.333. The van der Waals surface area contributed by atoms with Crippen molar-refractivity contribution in [3.05, 3.63) is 46.5 Å². The Morgan fingerprint density at radius 1 is 1.29 bits per heavy atom. The molecule has 4 nitrogen and oxygen atoms in total. The van der Waals surface area contributed by atoms with E-state index < -0.39 is 0 Å². The number of halogens is 1. The van der Waals surface area contributed by atoms with Gasteiger partial charge in [0.25, 0.3) is 0 Å². The van der Waals surface area contributed by atoms with Gasteiger partial charge >= 0.3 is 0 Å². The highest BCUT2D eigenvalue weighted by atomic mass is 79.9. The van der Waals surface area contributed by atoms with E-state index in [-0.39, 0.29) is 0 Å². The Morgan fingerprint density at radius 2 is 2.12 bits per heavy atom. The Hall–Kier alpha value is -1.20. The minimum Gasteiger partial charge on any atom is -0.306 e. The van der Waals surface area contributed by atoms with Crippen LogP contribution in [0.15, 0.2) is 35.1 Å². The second-order valence-electron chi connectivity index (χ2n) is 3.69. The molecule has 0 bridgehead atoms. The lowest BCUT2D eigenvalue weighted by Crippen LogP contribution is -2.17. The summed E-state index contributed by atoms with van der Waals surface area (Å²) in [4.78, 5) is 4.22. The van der Waals surface area contributed by atoms with Crippen LogP contribution < -0.4 is 5.32 Å². The summed E-state index contributed by atoms with van der Waals surface area (Å²) in [7, 11) is 0. The molecular formula is C12H15BrN4. The molecule has 17 heavy (non-hydrogen) atoms. The quantitative estimate of drug-likeness (QED) is 0.920. The van der Waals surface area contributed by atoms with Crippen molar-refractivity contribution >= 4 is 15.9 Å². The summed E-state index contributed by atoms with van der Waals surface area (Å²) in [6.45, 7) is 4.46. The summed E-state index contributed by atoms with van der Waals surface area (Å²) >= 11 is 3.53. The molecule has 1 N–H and O–H groups in total. The van der Waals surface area contributed by atoms with Crippen LogP contribution >= 0.6 is 15.9 Å². The minimum atomic E-state index is 0.731. The van der Waals surface area contributed by atoms with Crippen LogP contribution in [0.25, 0.3) is 0 Å². The van der Waals surface area contributed by atoms with Crippen molar-refractivity contribution in [3.63, 3.8) is 0 Å². The van der Waals surface area contributed by atoms with Gasteiger partial charge in [-0.15, -0.1) is 0 Å². The average molecular weight is 295 g/mol. The first kappa shape index (κ1) is 12.3. The normalized spacial score (nSPS) is 10.7. The maximum Gasteiger partial charge on any atom is 0.140 e. The zero-order chi connectivity index (χ0) is 12.1. The average Bonchev–Trinajstić information content (AvgIpc) is 2.79. The smallest absolute Gasteiger partial charge is 0.140 e. The van der Waals surface area contributed by atoms with Crippen LogP contribution in [0.1, 0.15) is 18.3 Å². The molecule has 0 amide bonds. The fourth-order valence-corrected chi connectivity index (χ4v) is 2.06. The molecular weight excluding hydrogens is 280 g/mol. The number of aromatic nitrogens is 3. The summed E-state index contributed by atoms with van der Waals surface area (Å²) in [6.07, 6.45) is 1.60. The largest absolute Gasteiger partial charge is 0.306 e. The SMILES string of the molecule is CCn1ncnc1CNCc1ccccc1Br. The molecule has 0 saturated heterocycles. The standard InChI is InChI=1S/C12H15BrN4/c1-2-17-12(15-9-16-17)8-14-7-10-5-3-4-6-11(10)13/h3-6,9,14H,2,7-8H2,1H3. The van der Waals surface area contributed by atoms with Crippen molar-refractivity contribution in [2.75, 3.05) is 0 Å². The lowest BCUT2D eigenvalue weighted by Gasteiger charge is -2.07. The molecule has 0 radical (unpaired) electrons. The van der Waals surface area contributed by atoms with Crippen molar-refractivity contribution in [1.82, 2.24) is 20.1 Å². The second kappa shape index (κ2) is 5.93. The molecule has 0 spiro atoms. The van der Waals surface area contributed by atoms with Crippen LogP contribution in [-0.2, 0) is 19.6 Å². The van der Waals surface area contributed by atoms with E-state index in [1.54, 1.807) is 6.33 Å². The molecule has 0 aliphatic carbocycles. The first-order valence-corrected chi connectivity index (χ1v) is 6.41. The second-order valence-corrected chi connectivity index (χ2v) is 4.54. The predicted octanol–water partition coefficient (Wildman–Crippen LogP) is 2.35. The van der Waals surface area contributed by atoms with Crippen LogP contribution in [0.2, 0.25) is 0 Å². The predicted molar refractivity (Wildman–Crippen MR) is 70.4 cm³/mol. The van der Waals surface area contributed by atoms with Crippen LogP contribution in [0.5, 0.6) is 0 Å². The summed E-state index contributed by atoms with van der Waals surface area (Å²) in [5.74, 6) is 0.972. The molecule has 0 saturated carbocycles. The summed E-state index contributed by atoms with van der Waals surface area (Å²) in [6, 6.07) is 8.20. The maximum absolute atomic E-state index is 4.22. The first-order chi connectivity index (χ1) is 8.31. The Kier molecular flexibility index (Phi) is 4.28. The number of aryl methyl sites for hydroxylation is 1. The van der Waals surface area contributed by atoms with E-state index in [0.717, 1.165) is 29.9 Å². The molecule has 0 fully saturated rings. The molecule has 5 heteroatoms. The third kappa shape index (κ3) is 3.14. The van der Waals surface area contributed by atoms with Crippen LogP contribution in [-0.4, -0.2) is 14.8 Å². The fourth-order valence-electron chi connectivity index (χ4n) is 1.64. The third-order valence-electron chi connectivity index (χ3n) is 2.55. The zero-order valence-corrected chi connectivity index (χ0v) is 11.3. The maximum atomic E-state index is 4.22. The van der Waals surface area contributed by atoms with Gasteiger partial charge in [0.2, 0.25) is 0 Å². The number of rotatable bonds is 5. The van der Waals surface area contributed by atoms with Gasteiger partial charge < -0.3 is 5.32 Å². The third-order valence-corrected chi connectivity index (χ3v) is 3.33. The van der Waals surface area contributed by atoms with E-state index in [1.807, 2.05) is 22.9 Å². The monoisotopic (exact) mass is 294 g/mol. The van der Waals surface area contributed by atoms with Gasteiger partial charge in [-0.3, -0.25) is 0 Å². The van der Waals surface area contributed by atoms with Crippen LogP contribution in [0, 0.1) is 0 Å². The Labute approximate surface area is 109 Å². The number of nitrogens with zero attached hydrogens (tertiary/aromatic N) is 3. The highest BCUT2D eigenvalue weighted by Crippen LogP contribution is 2.15. The van der Waals surface area contributed by atoms with E-state index in [1.165, 1.54) is 5.56 Å². The summed E-state index contributed by atoms with van der Waals surface area (Å²) < 4.78 is 3.02. The molecule has 0 unspecified atom stereocenters. The number of nitrogens with one attached hydrogen (secondary N) is 1. The topological polar surface area (TPSA) is 42.7 Å². The van der Waals surface area contributed by atoms with Crippen molar-refractivity contribution in [2.24, 2.45) is 0 Å². The van der Waals surface area contributed by atoms with Gasteiger partial charge in [-0.05, 0) is 18.6 Å². The molecule has 1 aromatic carbocycles. The van der Waals surface area contributed by atoms with Gasteiger partial charge in [0.15, 0.2) is 0 Å². The Balaban J connectivity index is 1.90. The minimum absolute atomic E-state index is 0.731. The number of hydrogen-bond donors (Lipinski definition) is 1.